The molecule has 2 aromatic carbocycles. The first kappa shape index (κ1) is 21.6. The summed E-state index contributed by atoms with van der Waals surface area (Å²) in [4.78, 5) is 12.6. The van der Waals surface area contributed by atoms with Crippen LogP contribution in [0.5, 0.6) is 11.5 Å². The van der Waals surface area contributed by atoms with E-state index in [1.54, 1.807) is 56.3 Å². The molecule has 0 aromatic heterocycles. The van der Waals surface area contributed by atoms with Crippen LogP contribution in [0.2, 0.25) is 10.0 Å². The number of esters is 1. The van der Waals surface area contributed by atoms with E-state index in [0.717, 1.165) is 0 Å². The van der Waals surface area contributed by atoms with Crippen molar-refractivity contribution in [3.63, 3.8) is 0 Å². The van der Waals surface area contributed by atoms with Crippen molar-refractivity contribution in [3.05, 3.63) is 80.9 Å². The van der Waals surface area contributed by atoms with E-state index in [1.807, 2.05) is 6.07 Å². The van der Waals surface area contributed by atoms with Crippen molar-refractivity contribution >= 4 is 29.2 Å². The van der Waals surface area contributed by atoms with Crippen LogP contribution in [0.25, 0.3) is 0 Å². The first-order valence-electron chi connectivity index (χ1n) is 9.03. The van der Waals surface area contributed by atoms with Gasteiger partial charge in [-0.25, -0.2) is 4.79 Å². The second kappa shape index (κ2) is 9.12. The summed E-state index contributed by atoms with van der Waals surface area (Å²) >= 11 is 12.1. The molecular weight excluding hydrogens is 427 g/mol. The summed E-state index contributed by atoms with van der Waals surface area (Å²) < 4.78 is 16.5. The van der Waals surface area contributed by atoms with Crippen molar-refractivity contribution in [1.82, 2.24) is 0 Å². The molecule has 1 aliphatic heterocycles. The Kier molecular flexibility index (Phi) is 6.56. The standard InChI is InChI=1S/C22H18Cl2N2O4/c1-3-28-22(27)19-12(2)29-21(26)18(11-25)20(19)13-5-4-6-16(7-13)30-17-9-14(23)8-15(24)10-17/h4-10,20H,3,26H2,1-2H3. The van der Waals surface area contributed by atoms with Crippen LogP contribution in [-0.4, -0.2) is 12.6 Å². The van der Waals surface area contributed by atoms with Gasteiger partial charge in [-0.2, -0.15) is 5.26 Å². The van der Waals surface area contributed by atoms with E-state index >= 15 is 0 Å². The second-order valence-electron chi connectivity index (χ2n) is 6.39. The number of hydrogen-bond donors (Lipinski definition) is 1. The van der Waals surface area contributed by atoms with E-state index in [4.69, 9.17) is 43.1 Å². The van der Waals surface area contributed by atoms with Crippen LogP contribution in [-0.2, 0) is 14.3 Å². The van der Waals surface area contributed by atoms with Crippen LogP contribution in [0.3, 0.4) is 0 Å². The Morgan fingerprint density at radius 3 is 2.53 bits per heavy atom. The number of hydrogen-bond acceptors (Lipinski definition) is 6. The highest BCUT2D eigenvalue weighted by atomic mass is 35.5. The Bertz CT molecular complexity index is 1080. The van der Waals surface area contributed by atoms with E-state index in [2.05, 4.69) is 0 Å². The van der Waals surface area contributed by atoms with Gasteiger partial charge in [0, 0.05) is 10.0 Å². The number of rotatable bonds is 5. The fraction of sp³-hybridized carbons (Fsp3) is 0.182. The van der Waals surface area contributed by atoms with Crippen molar-refractivity contribution in [3.8, 4) is 17.6 Å². The molecule has 0 radical (unpaired) electrons. The Labute approximate surface area is 184 Å². The Balaban J connectivity index is 2.05. The molecule has 1 heterocycles. The SMILES string of the molecule is CCOC(=O)C1=C(C)OC(N)=C(C#N)C1c1cccc(Oc2cc(Cl)cc(Cl)c2)c1. The molecule has 6 nitrogen and oxygen atoms in total. The highest BCUT2D eigenvalue weighted by molar-refractivity contribution is 6.34. The van der Waals surface area contributed by atoms with E-state index in [9.17, 15) is 10.1 Å². The third kappa shape index (κ3) is 4.54. The molecule has 0 fully saturated rings. The van der Waals surface area contributed by atoms with Crippen molar-refractivity contribution in [2.75, 3.05) is 6.61 Å². The van der Waals surface area contributed by atoms with Crippen molar-refractivity contribution in [2.45, 2.75) is 19.8 Å². The van der Waals surface area contributed by atoms with E-state index in [1.165, 1.54) is 0 Å². The number of benzene rings is 2. The lowest BCUT2D eigenvalue weighted by molar-refractivity contribution is -0.139. The molecule has 8 heteroatoms. The number of allylic oxidation sites excluding steroid dienone is 2. The predicted molar refractivity (Wildman–Crippen MR) is 113 cm³/mol. The fourth-order valence-electron chi connectivity index (χ4n) is 3.17. The third-order valence-electron chi connectivity index (χ3n) is 4.36. The lowest BCUT2D eigenvalue weighted by atomic mass is 9.83. The molecule has 0 saturated carbocycles. The molecule has 2 aromatic rings. The van der Waals surface area contributed by atoms with Crippen molar-refractivity contribution < 1.29 is 19.0 Å². The number of ether oxygens (including phenoxy) is 3. The van der Waals surface area contributed by atoms with Crippen LogP contribution < -0.4 is 10.5 Å². The molecule has 3 rings (SSSR count). The molecule has 154 valence electrons. The molecule has 2 N–H and O–H groups in total. The van der Waals surface area contributed by atoms with E-state index in [0.29, 0.717) is 27.1 Å². The number of carbonyl (C=O) groups is 1. The zero-order chi connectivity index (χ0) is 21.8. The van der Waals surface area contributed by atoms with Gasteiger partial charge in [-0.1, -0.05) is 35.3 Å². The highest BCUT2D eigenvalue weighted by Gasteiger charge is 2.36. The van der Waals surface area contributed by atoms with Gasteiger partial charge in [0.15, 0.2) is 0 Å². The normalized spacial score (nSPS) is 16.0. The average molecular weight is 445 g/mol. The lowest BCUT2D eigenvalue weighted by Gasteiger charge is -2.27. The van der Waals surface area contributed by atoms with Gasteiger partial charge in [0.1, 0.15) is 28.9 Å². The number of nitriles is 1. The van der Waals surface area contributed by atoms with E-state index in [-0.39, 0.29) is 29.4 Å². The van der Waals surface area contributed by atoms with Crippen molar-refractivity contribution in [1.29, 1.82) is 5.26 Å². The fourth-order valence-corrected chi connectivity index (χ4v) is 3.68. The smallest absolute Gasteiger partial charge is 0.338 e. The van der Waals surface area contributed by atoms with Crippen molar-refractivity contribution in [2.24, 2.45) is 5.73 Å². The molecule has 0 saturated heterocycles. The number of nitrogens with zero attached hydrogens (tertiary/aromatic N) is 1. The maximum absolute atomic E-state index is 12.6. The quantitative estimate of drug-likeness (QED) is 0.617. The lowest BCUT2D eigenvalue weighted by Crippen LogP contribution is -2.25. The maximum Gasteiger partial charge on any atom is 0.338 e. The Morgan fingerprint density at radius 2 is 1.90 bits per heavy atom. The summed E-state index contributed by atoms with van der Waals surface area (Å²) in [5.74, 6) is -0.190. The zero-order valence-electron chi connectivity index (χ0n) is 16.2. The van der Waals surface area contributed by atoms with Gasteiger partial charge in [-0.15, -0.1) is 0 Å². The average Bonchev–Trinajstić information content (AvgIpc) is 2.67. The molecule has 0 bridgehead atoms. The number of halogens is 2. The minimum Gasteiger partial charge on any atom is -0.463 e. The molecular formula is C22H18Cl2N2O4. The minimum absolute atomic E-state index is 0.0546. The van der Waals surface area contributed by atoms with Crippen LogP contribution in [0.1, 0.15) is 25.3 Å². The predicted octanol–water partition coefficient (Wildman–Crippen LogP) is 5.43. The molecule has 0 spiro atoms. The van der Waals surface area contributed by atoms with Crippen LogP contribution in [0.4, 0.5) is 0 Å². The summed E-state index contributed by atoms with van der Waals surface area (Å²) in [5.41, 5.74) is 6.87. The molecule has 1 aliphatic rings. The summed E-state index contributed by atoms with van der Waals surface area (Å²) in [6, 6.07) is 13.9. The largest absolute Gasteiger partial charge is 0.463 e. The van der Waals surface area contributed by atoms with Gasteiger partial charge < -0.3 is 19.9 Å². The van der Waals surface area contributed by atoms with Gasteiger partial charge in [-0.3, -0.25) is 0 Å². The van der Waals surface area contributed by atoms with Gasteiger partial charge in [0.05, 0.1) is 18.1 Å². The van der Waals surface area contributed by atoms with Crippen LogP contribution in [0.15, 0.2) is 65.3 Å². The monoisotopic (exact) mass is 444 g/mol. The summed E-state index contributed by atoms with van der Waals surface area (Å²) in [6.45, 7) is 3.49. The second-order valence-corrected chi connectivity index (χ2v) is 7.27. The first-order valence-corrected chi connectivity index (χ1v) is 9.79. The number of carbonyl (C=O) groups excluding carboxylic acids is 1. The Morgan fingerprint density at radius 1 is 1.20 bits per heavy atom. The summed E-state index contributed by atoms with van der Waals surface area (Å²) in [7, 11) is 0. The molecule has 1 unspecified atom stereocenters. The van der Waals surface area contributed by atoms with E-state index < -0.39 is 11.9 Å². The first-order chi connectivity index (χ1) is 14.3. The molecule has 30 heavy (non-hydrogen) atoms. The summed E-state index contributed by atoms with van der Waals surface area (Å²) in [6.07, 6.45) is 0. The topological polar surface area (TPSA) is 94.6 Å². The third-order valence-corrected chi connectivity index (χ3v) is 4.80. The van der Waals surface area contributed by atoms with Crippen LogP contribution >= 0.6 is 23.2 Å². The minimum atomic E-state index is -0.755. The Hall–Kier alpha value is -3.14. The van der Waals surface area contributed by atoms with Gasteiger partial charge in [0.25, 0.3) is 0 Å². The van der Waals surface area contributed by atoms with Gasteiger partial charge in [-0.05, 0) is 49.7 Å². The zero-order valence-corrected chi connectivity index (χ0v) is 17.8. The number of nitrogens with two attached hydrogens (primary N) is 1. The highest BCUT2D eigenvalue weighted by Crippen LogP contribution is 2.41. The van der Waals surface area contributed by atoms with Gasteiger partial charge >= 0.3 is 5.97 Å². The molecule has 1 atom stereocenters. The van der Waals surface area contributed by atoms with Crippen LogP contribution in [0, 0.1) is 11.3 Å². The van der Waals surface area contributed by atoms with Gasteiger partial charge in [0.2, 0.25) is 5.88 Å². The molecule has 0 amide bonds. The summed E-state index contributed by atoms with van der Waals surface area (Å²) in [5, 5.41) is 10.5. The molecule has 0 aliphatic carbocycles. The maximum atomic E-state index is 12.6.